The topological polar surface area (TPSA) is 81.3 Å². The van der Waals surface area contributed by atoms with Gasteiger partial charge in [0.15, 0.2) is 0 Å². The van der Waals surface area contributed by atoms with Gasteiger partial charge in [0.1, 0.15) is 10.1 Å². The van der Waals surface area contributed by atoms with Crippen LogP contribution in [0.3, 0.4) is 0 Å². The maximum atomic E-state index is 11.9. The Labute approximate surface area is 212 Å². The van der Waals surface area contributed by atoms with E-state index in [1.807, 2.05) is 12.1 Å². The second-order valence-electron chi connectivity index (χ2n) is 8.78. The number of nitrogens with one attached hydrogen (secondary N) is 2. The Morgan fingerprint density at radius 3 is 1.42 bits per heavy atom. The zero-order valence-electron chi connectivity index (χ0n) is 19.8. The minimum absolute atomic E-state index is 0. The summed E-state index contributed by atoms with van der Waals surface area (Å²) in [5, 5.41) is 5.85. The predicted octanol–water partition coefficient (Wildman–Crippen LogP) is 3.99. The Hall–Kier alpha value is -0.270. The number of para-hydroxylation sites is 2. The first kappa shape index (κ1) is 28.8. The van der Waals surface area contributed by atoms with Crippen LogP contribution in [0.1, 0.15) is 110 Å². The van der Waals surface area contributed by atoms with Crippen molar-refractivity contribution in [1.29, 1.82) is 0 Å². The molecule has 2 N–H and O–H groups in total. The first-order valence-corrected chi connectivity index (χ1v) is 13.5. The maximum Gasteiger partial charge on any atom is 1.00 e. The van der Waals surface area contributed by atoms with E-state index in [1.165, 1.54) is 77.0 Å². The standard InChI is InChI=1S/C24H42N2O3S.Na/c1-2-3-4-5-6-7-8-9-10-11-12-13-14-15-18-21-24(30(27,28)29)25-22-19-16-17-20-23(22)26-24;/h16-17,19-20,25-26H,2-15,18,21H2,1H3,(H,27,28,29);/q;+1/p-1. The fraction of sp³-hybridized carbons (Fsp3) is 0.750. The molecule has 31 heavy (non-hydrogen) atoms. The molecule has 0 saturated carbocycles. The summed E-state index contributed by atoms with van der Waals surface area (Å²) in [5.41, 5.74) is 1.36. The van der Waals surface area contributed by atoms with Gasteiger partial charge in [-0.05, 0) is 18.6 Å². The number of rotatable bonds is 17. The molecule has 0 atom stereocenters. The molecule has 172 valence electrons. The van der Waals surface area contributed by atoms with Gasteiger partial charge in [-0.3, -0.25) is 0 Å². The van der Waals surface area contributed by atoms with Crippen molar-refractivity contribution in [3.63, 3.8) is 0 Å². The summed E-state index contributed by atoms with van der Waals surface area (Å²) < 4.78 is 35.8. The summed E-state index contributed by atoms with van der Waals surface area (Å²) >= 11 is 0. The van der Waals surface area contributed by atoms with Crippen molar-refractivity contribution in [2.75, 3.05) is 10.6 Å². The summed E-state index contributed by atoms with van der Waals surface area (Å²) in [4.78, 5) is -1.60. The Morgan fingerprint density at radius 1 is 0.710 bits per heavy atom. The Balaban J connectivity index is 0.00000480. The summed E-state index contributed by atoms with van der Waals surface area (Å²) in [6.45, 7) is 2.26. The molecule has 0 bridgehead atoms. The largest absolute Gasteiger partial charge is 1.00 e. The Morgan fingerprint density at radius 2 is 1.06 bits per heavy atom. The van der Waals surface area contributed by atoms with Gasteiger partial charge in [0.2, 0.25) is 4.99 Å². The van der Waals surface area contributed by atoms with Gasteiger partial charge in [-0.1, -0.05) is 109 Å². The van der Waals surface area contributed by atoms with Gasteiger partial charge in [0.25, 0.3) is 0 Å². The van der Waals surface area contributed by atoms with Crippen LogP contribution in [0.5, 0.6) is 0 Å². The second kappa shape index (κ2) is 15.5. The van der Waals surface area contributed by atoms with Crippen LogP contribution in [0.4, 0.5) is 11.4 Å². The van der Waals surface area contributed by atoms with Gasteiger partial charge in [0.05, 0.1) is 11.4 Å². The molecule has 0 aromatic heterocycles. The van der Waals surface area contributed by atoms with Gasteiger partial charge in [-0.15, -0.1) is 0 Å². The van der Waals surface area contributed by atoms with E-state index in [0.717, 1.165) is 12.8 Å². The molecule has 1 heterocycles. The van der Waals surface area contributed by atoms with Gasteiger partial charge in [0, 0.05) is 6.42 Å². The molecule has 1 aromatic rings. The van der Waals surface area contributed by atoms with E-state index in [0.29, 0.717) is 17.8 Å². The molecule has 1 aliphatic heterocycles. The third kappa shape index (κ3) is 10.0. The molecule has 5 nitrogen and oxygen atoms in total. The quantitative estimate of drug-likeness (QED) is 0.209. The van der Waals surface area contributed by atoms with E-state index in [4.69, 9.17) is 0 Å². The van der Waals surface area contributed by atoms with Crippen LogP contribution in [0.25, 0.3) is 0 Å². The number of anilines is 2. The molecular formula is C24H41N2NaO3S. The molecule has 0 spiro atoms. The molecule has 0 aliphatic carbocycles. The average Bonchev–Trinajstić information content (AvgIpc) is 3.11. The minimum Gasteiger partial charge on any atom is -0.745 e. The molecule has 0 saturated heterocycles. The van der Waals surface area contributed by atoms with Crippen LogP contribution in [-0.2, 0) is 10.1 Å². The number of unbranched alkanes of at least 4 members (excludes halogenated alkanes) is 14. The fourth-order valence-corrected chi connectivity index (χ4v) is 5.15. The van der Waals surface area contributed by atoms with Crippen LogP contribution in [0.15, 0.2) is 24.3 Å². The molecule has 1 aliphatic rings. The molecule has 0 unspecified atom stereocenters. The van der Waals surface area contributed by atoms with E-state index in [9.17, 15) is 13.0 Å². The van der Waals surface area contributed by atoms with Crippen molar-refractivity contribution >= 4 is 21.5 Å². The first-order chi connectivity index (χ1) is 14.5. The maximum absolute atomic E-state index is 11.9. The number of fused-ring (bicyclic) bond motifs is 1. The van der Waals surface area contributed by atoms with Gasteiger partial charge >= 0.3 is 29.6 Å². The number of benzene rings is 1. The molecular weight excluding hydrogens is 419 g/mol. The summed E-state index contributed by atoms with van der Waals surface area (Å²) in [5.74, 6) is 0. The van der Waals surface area contributed by atoms with Crippen molar-refractivity contribution in [2.24, 2.45) is 0 Å². The summed E-state index contributed by atoms with van der Waals surface area (Å²) in [6, 6.07) is 7.24. The van der Waals surface area contributed by atoms with Gasteiger partial charge in [-0.2, -0.15) is 0 Å². The fourth-order valence-electron chi connectivity index (χ4n) is 4.29. The zero-order valence-corrected chi connectivity index (χ0v) is 22.6. The van der Waals surface area contributed by atoms with Gasteiger partial charge in [-0.25, -0.2) is 8.42 Å². The smallest absolute Gasteiger partial charge is 0.745 e. The van der Waals surface area contributed by atoms with Crippen LogP contribution < -0.4 is 40.2 Å². The van der Waals surface area contributed by atoms with Crippen LogP contribution in [0, 0.1) is 0 Å². The van der Waals surface area contributed by atoms with Crippen molar-refractivity contribution in [3.8, 4) is 0 Å². The van der Waals surface area contributed by atoms with E-state index >= 15 is 0 Å². The normalized spacial score (nSPS) is 14.4. The van der Waals surface area contributed by atoms with Crippen molar-refractivity contribution < 1.29 is 42.5 Å². The average molecular weight is 461 g/mol. The molecule has 0 fully saturated rings. The second-order valence-corrected chi connectivity index (χ2v) is 10.4. The van der Waals surface area contributed by atoms with Crippen LogP contribution in [0.2, 0.25) is 0 Å². The molecule has 2 rings (SSSR count). The molecule has 0 amide bonds. The van der Waals surface area contributed by atoms with Crippen molar-refractivity contribution in [2.45, 2.75) is 115 Å². The van der Waals surface area contributed by atoms with E-state index in [2.05, 4.69) is 17.6 Å². The third-order valence-electron chi connectivity index (χ3n) is 6.16. The zero-order chi connectivity index (χ0) is 21.7. The number of hydrogen-bond donors (Lipinski definition) is 2. The SMILES string of the molecule is CCCCCCCCCCCCCCCCCC1(S(=O)(=O)[O-])Nc2ccccc2N1.[Na+]. The van der Waals surface area contributed by atoms with Gasteiger partial charge < -0.3 is 15.2 Å². The molecule has 1 aromatic carbocycles. The van der Waals surface area contributed by atoms with E-state index < -0.39 is 15.1 Å². The van der Waals surface area contributed by atoms with E-state index in [-0.39, 0.29) is 36.0 Å². The Kier molecular flexibility index (Phi) is 14.4. The van der Waals surface area contributed by atoms with Crippen molar-refractivity contribution in [3.05, 3.63) is 24.3 Å². The predicted molar refractivity (Wildman–Crippen MR) is 126 cm³/mol. The van der Waals surface area contributed by atoms with Crippen LogP contribution >= 0.6 is 0 Å². The minimum atomic E-state index is -4.52. The van der Waals surface area contributed by atoms with E-state index in [1.54, 1.807) is 12.1 Å². The monoisotopic (exact) mass is 460 g/mol. The first-order valence-electron chi connectivity index (χ1n) is 12.1. The summed E-state index contributed by atoms with van der Waals surface area (Å²) in [7, 11) is -4.52. The van der Waals surface area contributed by atoms with Crippen molar-refractivity contribution in [1.82, 2.24) is 0 Å². The molecule has 0 radical (unpaired) electrons. The number of hydrogen-bond acceptors (Lipinski definition) is 5. The Bertz CT molecular complexity index is 688. The molecule has 7 heteroatoms. The summed E-state index contributed by atoms with van der Waals surface area (Å²) in [6.07, 6.45) is 19.1. The van der Waals surface area contributed by atoms with Crippen LogP contribution in [-0.4, -0.2) is 18.0 Å². The third-order valence-corrected chi connectivity index (χ3v) is 7.42.